The monoisotopic (exact) mass is 236 g/mol. The Bertz CT molecular complexity index is 401. The molecule has 0 fully saturated rings. The quantitative estimate of drug-likeness (QED) is 0.732. The van der Waals surface area contributed by atoms with Crippen molar-refractivity contribution in [2.24, 2.45) is 0 Å². The smallest absolute Gasteiger partial charge is 0.325 e. The molecule has 92 valence electrons. The van der Waals surface area contributed by atoms with Gasteiger partial charge < -0.3 is 9.64 Å². The first-order valence-corrected chi connectivity index (χ1v) is 5.38. The van der Waals surface area contributed by atoms with Gasteiger partial charge >= 0.3 is 5.97 Å². The Morgan fingerprint density at radius 1 is 1.41 bits per heavy atom. The Balaban J connectivity index is 2.63. The van der Waals surface area contributed by atoms with Gasteiger partial charge in [-0.3, -0.25) is 14.6 Å². The lowest BCUT2D eigenvalue weighted by Crippen LogP contribution is -2.33. The van der Waals surface area contributed by atoms with Crippen LogP contribution in [0.2, 0.25) is 0 Å². The van der Waals surface area contributed by atoms with Gasteiger partial charge in [0.05, 0.1) is 12.2 Å². The van der Waals surface area contributed by atoms with Gasteiger partial charge in [0.15, 0.2) is 0 Å². The van der Waals surface area contributed by atoms with Crippen LogP contribution < -0.4 is 0 Å². The molecule has 0 N–H and O–H groups in total. The van der Waals surface area contributed by atoms with Crippen LogP contribution >= 0.6 is 0 Å². The fraction of sp³-hybridized carbons (Fsp3) is 0.417. The summed E-state index contributed by atoms with van der Waals surface area (Å²) in [7, 11) is 1.55. The van der Waals surface area contributed by atoms with Crippen molar-refractivity contribution in [3.8, 4) is 0 Å². The van der Waals surface area contributed by atoms with Gasteiger partial charge in [-0.25, -0.2) is 0 Å². The third-order valence-corrected chi connectivity index (χ3v) is 2.18. The molecule has 1 heterocycles. The van der Waals surface area contributed by atoms with Crippen molar-refractivity contribution in [3.05, 3.63) is 29.6 Å². The zero-order valence-corrected chi connectivity index (χ0v) is 10.3. The van der Waals surface area contributed by atoms with Crippen molar-refractivity contribution in [1.29, 1.82) is 0 Å². The molecule has 0 radical (unpaired) electrons. The predicted octanol–water partition coefficient (Wildman–Crippen LogP) is 1.03. The summed E-state index contributed by atoms with van der Waals surface area (Å²) in [6.07, 6.45) is 1.50. The lowest BCUT2D eigenvalue weighted by molar-refractivity contribution is -0.143. The second-order valence-electron chi connectivity index (χ2n) is 3.65. The van der Waals surface area contributed by atoms with Gasteiger partial charge in [-0.2, -0.15) is 0 Å². The molecule has 0 spiro atoms. The number of nitrogens with zero attached hydrogens (tertiary/aromatic N) is 2. The lowest BCUT2D eigenvalue weighted by Gasteiger charge is -2.15. The minimum absolute atomic E-state index is 0.0550. The normalized spacial score (nSPS) is 9.82. The first-order chi connectivity index (χ1) is 8.04. The maximum Gasteiger partial charge on any atom is 0.325 e. The van der Waals surface area contributed by atoms with E-state index in [4.69, 9.17) is 4.74 Å². The molecular weight excluding hydrogens is 220 g/mol. The average molecular weight is 236 g/mol. The summed E-state index contributed by atoms with van der Waals surface area (Å²) in [6, 6.07) is 3.44. The Hall–Kier alpha value is -1.91. The van der Waals surface area contributed by atoms with Gasteiger partial charge in [-0.05, 0) is 26.0 Å². The number of amides is 1. The van der Waals surface area contributed by atoms with E-state index in [1.807, 2.05) is 6.92 Å². The van der Waals surface area contributed by atoms with Crippen LogP contribution in [0.5, 0.6) is 0 Å². The fourth-order valence-corrected chi connectivity index (χ4v) is 1.29. The van der Waals surface area contributed by atoms with Crippen LogP contribution in [-0.2, 0) is 9.53 Å². The number of hydrogen-bond donors (Lipinski definition) is 0. The van der Waals surface area contributed by atoms with Crippen LogP contribution in [-0.4, -0.2) is 42.0 Å². The summed E-state index contributed by atoms with van der Waals surface area (Å²) in [5.41, 5.74) is 1.30. The molecule has 0 saturated carbocycles. The van der Waals surface area contributed by atoms with Crippen LogP contribution in [0.1, 0.15) is 23.0 Å². The summed E-state index contributed by atoms with van der Waals surface area (Å²) >= 11 is 0. The van der Waals surface area contributed by atoms with Crippen LogP contribution in [0.25, 0.3) is 0 Å². The first-order valence-electron chi connectivity index (χ1n) is 5.38. The number of aryl methyl sites for hydroxylation is 1. The number of aromatic nitrogens is 1. The molecule has 5 nitrogen and oxygen atoms in total. The first kappa shape index (κ1) is 13.2. The number of ether oxygens (including phenoxy) is 1. The molecule has 1 aromatic rings. The highest BCUT2D eigenvalue weighted by Gasteiger charge is 2.15. The van der Waals surface area contributed by atoms with E-state index in [9.17, 15) is 9.59 Å². The number of pyridine rings is 1. The fourth-order valence-electron chi connectivity index (χ4n) is 1.29. The number of rotatable bonds is 4. The number of likely N-dealkylation sites (N-methyl/N-ethyl adjacent to an activating group) is 1. The molecular formula is C12H16N2O3. The summed E-state index contributed by atoms with van der Waals surface area (Å²) in [5, 5.41) is 0. The third kappa shape index (κ3) is 3.86. The van der Waals surface area contributed by atoms with Crippen molar-refractivity contribution < 1.29 is 14.3 Å². The molecule has 1 aromatic heterocycles. The van der Waals surface area contributed by atoms with E-state index in [1.165, 1.54) is 11.1 Å². The topological polar surface area (TPSA) is 59.5 Å². The standard InChI is InChI=1S/C12H16N2O3/c1-4-17-11(15)8-14(3)12(16)10-6-5-9(2)13-7-10/h5-7H,4,8H2,1-3H3. The number of carbonyl (C=O) groups is 2. The van der Waals surface area contributed by atoms with Gasteiger partial charge in [-0.15, -0.1) is 0 Å². The van der Waals surface area contributed by atoms with E-state index in [2.05, 4.69) is 4.98 Å². The number of hydrogen-bond acceptors (Lipinski definition) is 4. The highest BCUT2D eigenvalue weighted by atomic mass is 16.5. The van der Waals surface area contributed by atoms with Gasteiger partial charge in [0.2, 0.25) is 0 Å². The molecule has 0 aliphatic rings. The second-order valence-corrected chi connectivity index (χ2v) is 3.65. The summed E-state index contributed by atoms with van der Waals surface area (Å²) in [6.45, 7) is 3.83. The van der Waals surface area contributed by atoms with Crippen LogP contribution in [0.15, 0.2) is 18.3 Å². The highest BCUT2D eigenvalue weighted by Crippen LogP contribution is 2.03. The van der Waals surface area contributed by atoms with E-state index < -0.39 is 5.97 Å². The summed E-state index contributed by atoms with van der Waals surface area (Å²) in [5.74, 6) is -0.658. The van der Waals surface area contributed by atoms with Crippen LogP contribution in [0.3, 0.4) is 0 Å². The SMILES string of the molecule is CCOC(=O)CN(C)C(=O)c1ccc(C)nc1. The Labute approximate surface area is 100 Å². The maximum absolute atomic E-state index is 11.9. The van der Waals surface area contributed by atoms with E-state index in [-0.39, 0.29) is 12.5 Å². The van der Waals surface area contributed by atoms with Crippen molar-refractivity contribution in [3.63, 3.8) is 0 Å². The Morgan fingerprint density at radius 3 is 2.65 bits per heavy atom. The Kier molecular flexibility index (Phi) is 4.63. The summed E-state index contributed by atoms with van der Waals surface area (Å²) in [4.78, 5) is 28.4. The van der Waals surface area contributed by atoms with Crippen molar-refractivity contribution in [2.75, 3.05) is 20.2 Å². The van der Waals surface area contributed by atoms with Crippen molar-refractivity contribution in [1.82, 2.24) is 9.88 Å². The van der Waals surface area contributed by atoms with Gasteiger partial charge in [0.1, 0.15) is 6.54 Å². The van der Waals surface area contributed by atoms with Gasteiger partial charge in [0.25, 0.3) is 5.91 Å². The minimum atomic E-state index is -0.413. The van der Waals surface area contributed by atoms with Crippen LogP contribution in [0, 0.1) is 6.92 Å². The zero-order valence-electron chi connectivity index (χ0n) is 10.3. The number of carbonyl (C=O) groups excluding carboxylic acids is 2. The average Bonchev–Trinajstić information content (AvgIpc) is 2.29. The van der Waals surface area contributed by atoms with E-state index in [0.29, 0.717) is 12.2 Å². The summed E-state index contributed by atoms with van der Waals surface area (Å²) < 4.78 is 4.77. The maximum atomic E-state index is 11.9. The minimum Gasteiger partial charge on any atom is -0.465 e. The molecule has 0 aliphatic carbocycles. The lowest BCUT2D eigenvalue weighted by atomic mass is 10.2. The van der Waals surface area contributed by atoms with Crippen molar-refractivity contribution >= 4 is 11.9 Å². The molecule has 0 aliphatic heterocycles. The second kappa shape index (κ2) is 5.98. The van der Waals surface area contributed by atoms with E-state index in [0.717, 1.165) is 5.69 Å². The Morgan fingerprint density at radius 2 is 2.12 bits per heavy atom. The molecule has 0 aromatic carbocycles. The van der Waals surface area contributed by atoms with E-state index >= 15 is 0 Å². The predicted molar refractivity (Wildman–Crippen MR) is 62.6 cm³/mol. The molecule has 1 rings (SSSR count). The molecule has 17 heavy (non-hydrogen) atoms. The van der Waals surface area contributed by atoms with Crippen LogP contribution in [0.4, 0.5) is 0 Å². The third-order valence-electron chi connectivity index (χ3n) is 2.18. The van der Waals surface area contributed by atoms with E-state index in [1.54, 1.807) is 26.1 Å². The molecule has 0 unspecified atom stereocenters. The molecule has 0 atom stereocenters. The molecule has 5 heteroatoms. The zero-order chi connectivity index (χ0) is 12.8. The number of esters is 1. The molecule has 1 amide bonds. The van der Waals surface area contributed by atoms with Crippen molar-refractivity contribution in [2.45, 2.75) is 13.8 Å². The molecule has 0 saturated heterocycles. The highest BCUT2D eigenvalue weighted by molar-refractivity contribution is 5.95. The van der Waals surface area contributed by atoms with Gasteiger partial charge in [-0.1, -0.05) is 0 Å². The largest absolute Gasteiger partial charge is 0.465 e. The van der Waals surface area contributed by atoms with Gasteiger partial charge in [0, 0.05) is 18.9 Å². The molecule has 0 bridgehead atoms.